The second-order valence-corrected chi connectivity index (χ2v) is 21.3. The molecule has 408 valence electrons. The topological polar surface area (TPSA) is 170 Å². The van der Waals surface area contributed by atoms with Crippen molar-refractivity contribution in [2.75, 3.05) is 29.6 Å². The molecule has 2 N–H and O–H groups in total. The van der Waals surface area contributed by atoms with Gasteiger partial charge in [0.05, 0.1) is 58.5 Å². The number of benzene rings is 3. The van der Waals surface area contributed by atoms with Crippen LogP contribution in [-0.2, 0) is 33.3 Å². The van der Waals surface area contributed by atoms with E-state index < -0.39 is 86.4 Å². The highest BCUT2D eigenvalue weighted by Crippen LogP contribution is 2.44. The quantitative estimate of drug-likeness (QED) is 0.0486. The van der Waals surface area contributed by atoms with Crippen molar-refractivity contribution < 1.29 is 59.4 Å². The highest BCUT2D eigenvalue weighted by Gasteiger charge is 2.53. The summed E-state index contributed by atoms with van der Waals surface area (Å²) in [7, 11) is 0. The molecular formula is C54H55F7N8O6S2. The Morgan fingerprint density at radius 2 is 1.58 bits per heavy atom. The molecule has 0 radical (unpaired) electrons. The summed E-state index contributed by atoms with van der Waals surface area (Å²) >= 11 is 6.92. The van der Waals surface area contributed by atoms with E-state index >= 15 is 4.39 Å². The number of rotatable bonds is 18. The fourth-order valence-corrected chi connectivity index (χ4v) is 10.4. The predicted molar refractivity (Wildman–Crippen MR) is 277 cm³/mol. The van der Waals surface area contributed by atoms with E-state index in [0.717, 1.165) is 38.9 Å². The van der Waals surface area contributed by atoms with Crippen molar-refractivity contribution in [3.05, 3.63) is 118 Å². The minimum absolute atomic E-state index is 0.153. The molecule has 0 saturated carbocycles. The lowest BCUT2D eigenvalue weighted by Gasteiger charge is -2.35. The summed E-state index contributed by atoms with van der Waals surface area (Å²) < 4.78 is 111. The number of aryl methyl sites for hydroxylation is 1. The molecule has 2 aliphatic rings. The van der Waals surface area contributed by atoms with E-state index in [1.165, 1.54) is 19.9 Å². The minimum Gasteiger partial charge on any atom is -0.494 e. The molecule has 2 saturated heterocycles. The van der Waals surface area contributed by atoms with Gasteiger partial charge < -0.3 is 29.9 Å². The van der Waals surface area contributed by atoms with Gasteiger partial charge in [-0.1, -0.05) is 45.0 Å². The smallest absolute Gasteiger partial charge is 0.421 e. The largest absolute Gasteiger partial charge is 0.494 e. The fraction of sp³-hybridized carbons (Fsp3) is 0.407. The van der Waals surface area contributed by atoms with Crippen molar-refractivity contribution in [2.24, 2.45) is 5.41 Å². The molecule has 23 heteroatoms. The van der Waals surface area contributed by atoms with Crippen LogP contribution in [0.3, 0.4) is 0 Å². The molecule has 2 atom stereocenters. The molecule has 2 aromatic heterocycles. The number of halogens is 7. The van der Waals surface area contributed by atoms with E-state index in [1.807, 2.05) is 52.0 Å². The molecule has 77 heavy (non-hydrogen) atoms. The second kappa shape index (κ2) is 23.2. The molecule has 4 heterocycles. The zero-order valence-corrected chi connectivity index (χ0v) is 44.5. The zero-order chi connectivity index (χ0) is 56.2. The number of carbonyl (C=O) groups is 4. The third kappa shape index (κ3) is 12.8. The number of nitrogens with one attached hydrogen (secondary N) is 2. The van der Waals surface area contributed by atoms with Gasteiger partial charge in [-0.15, -0.1) is 11.3 Å². The first-order valence-corrected chi connectivity index (χ1v) is 25.8. The Morgan fingerprint density at radius 1 is 0.922 bits per heavy atom. The molecule has 0 bridgehead atoms. The monoisotopic (exact) mass is 1110 g/mol. The Morgan fingerprint density at radius 3 is 2.18 bits per heavy atom. The number of carbonyl (C=O) groups excluding carboxylic acids is 4. The van der Waals surface area contributed by atoms with Gasteiger partial charge in [-0.2, -0.15) is 31.6 Å². The number of thiazole rings is 1. The molecule has 2 fully saturated rings. The average molecular weight is 1110 g/mol. The van der Waals surface area contributed by atoms with Crippen LogP contribution in [0, 0.1) is 29.5 Å². The molecule has 0 aliphatic carbocycles. The number of ether oxygens (including phenoxy) is 2. The maximum absolute atomic E-state index is 15.4. The molecule has 7 rings (SSSR count). The van der Waals surface area contributed by atoms with Crippen molar-refractivity contribution in [2.45, 2.75) is 117 Å². The lowest BCUT2D eigenvalue weighted by Crippen LogP contribution is -2.57. The first kappa shape index (κ1) is 57.5. The Balaban J connectivity index is 0.867. The molecular weight excluding hydrogens is 1050 g/mol. The van der Waals surface area contributed by atoms with Gasteiger partial charge in [-0.05, 0) is 131 Å². The van der Waals surface area contributed by atoms with E-state index in [-0.39, 0.29) is 42.8 Å². The average Bonchev–Trinajstić information content (AvgIpc) is 4.20. The molecule has 0 spiro atoms. The molecule has 5 aromatic rings. The molecule has 14 nitrogen and oxygen atoms in total. The maximum atomic E-state index is 15.4. The molecule has 0 unspecified atom stereocenters. The zero-order valence-electron chi connectivity index (χ0n) is 42.8. The fourth-order valence-electron chi connectivity index (χ4n) is 9.04. The Kier molecular flexibility index (Phi) is 17.3. The number of pyridine rings is 1. The van der Waals surface area contributed by atoms with Crippen molar-refractivity contribution in [3.8, 4) is 28.1 Å². The van der Waals surface area contributed by atoms with Gasteiger partial charge in [-0.25, -0.2) is 14.4 Å². The number of hydrogen-bond acceptors (Lipinski definition) is 11. The van der Waals surface area contributed by atoms with Crippen LogP contribution in [0.15, 0.2) is 78.4 Å². The van der Waals surface area contributed by atoms with Crippen LogP contribution in [0.1, 0.15) is 111 Å². The van der Waals surface area contributed by atoms with Crippen molar-refractivity contribution >= 4 is 63.7 Å². The van der Waals surface area contributed by atoms with Crippen LogP contribution in [0.2, 0.25) is 0 Å². The standard InChI is InChI=1S/C54H55F7N8O6S2/c1-31-43(77-30-65-31)33-15-13-32(14-16-33)28-63-46(71)40-12-11-23-67(40)48(72)44(51(2,3)4)66-45(70)34-17-20-37(21-18-34)74-24-9-7-8-10-25-75-47-38(53(56,57)58)26-36(29-64-47)69-50(76)68(49(73)52(69,5)6)39-22-19-35(27-62)41(42(39)55)54(59,60)61/h13-22,26,29-30,40,44H,7-12,23-25,28H2,1-6H3,(H,63,71)(H,66,70)/t40-,44+/m0/s1. The highest BCUT2D eigenvalue weighted by atomic mass is 32.1. The first-order valence-electron chi connectivity index (χ1n) is 24.5. The Labute approximate surface area is 449 Å². The Hall–Kier alpha value is -7.19. The van der Waals surface area contributed by atoms with Crippen LogP contribution in [0.25, 0.3) is 10.4 Å². The minimum atomic E-state index is -5.33. The van der Waals surface area contributed by atoms with E-state index in [1.54, 1.807) is 46.0 Å². The number of aromatic nitrogens is 2. The highest BCUT2D eigenvalue weighted by molar-refractivity contribution is 7.81. The summed E-state index contributed by atoms with van der Waals surface area (Å²) in [6.07, 6.45) is -6.20. The number of thiocarbonyl (C=S) groups is 1. The number of amides is 4. The number of nitriles is 1. The lowest BCUT2D eigenvalue weighted by molar-refractivity contribution is -0.142. The molecule has 2 aliphatic heterocycles. The third-order valence-electron chi connectivity index (χ3n) is 13.2. The summed E-state index contributed by atoms with van der Waals surface area (Å²) in [6, 6.07) is 16.0. The summed E-state index contributed by atoms with van der Waals surface area (Å²) in [6.45, 7) is 10.8. The second-order valence-electron chi connectivity index (χ2n) is 20.1. The van der Waals surface area contributed by atoms with E-state index in [4.69, 9.17) is 27.0 Å². The van der Waals surface area contributed by atoms with Crippen molar-refractivity contribution in [3.63, 3.8) is 0 Å². The van der Waals surface area contributed by atoms with Gasteiger partial charge in [0.2, 0.25) is 17.7 Å². The summed E-state index contributed by atoms with van der Waals surface area (Å²) in [4.78, 5) is 66.9. The van der Waals surface area contributed by atoms with Gasteiger partial charge in [0.15, 0.2) is 10.9 Å². The SMILES string of the molecule is Cc1ncsc1-c1ccc(CNC(=O)[C@@H]2CCCN2C(=O)[C@@H](NC(=O)c2ccc(OCCCCCCOc3ncc(N4C(=S)N(c5ccc(C#N)c(C(F)(F)F)c5F)C(=O)C4(C)C)cc3C(F)(F)F)cc2)C(C)(C)C)cc1. The molecule has 3 aromatic carbocycles. The van der Waals surface area contributed by atoms with Crippen molar-refractivity contribution in [1.29, 1.82) is 5.26 Å². The number of likely N-dealkylation sites (tertiary alicyclic amines) is 1. The normalized spacial score (nSPS) is 16.1. The van der Waals surface area contributed by atoms with Gasteiger partial charge in [0.1, 0.15) is 34.5 Å². The number of nitrogens with zero attached hydrogens (tertiary/aromatic N) is 6. The third-order valence-corrected chi connectivity index (χ3v) is 14.5. The lowest BCUT2D eigenvalue weighted by atomic mass is 9.85. The van der Waals surface area contributed by atoms with Gasteiger partial charge >= 0.3 is 12.4 Å². The van der Waals surface area contributed by atoms with Crippen LogP contribution in [-0.4, -0.2) is 81.0 Å². The number of hydrogen-bond donors (Lipinski definition) is 2. The van der Waals surface area contributed by atoms with Crippen LogP contribution < -0.4 is 29.9 Å². The summed E-state index contributed by atoms with van der Waals surface area (Å²) in [5, 5.41) is 14.4. The van der Waals surface area contributed by atoms with Gasteiger partial charge in [0, 0.05) is 18.7 Å². The van der Waals surface area contributed by atoms with Crippen LogP contribution in [0.4, 0.5) is 42.1 Å². The van der Waals surface area contributed by atoms with Crippen molar-refractivity contribution in [1.82, 2.24) is 25.5 Å². The molecule has 4 amide bonds. The summed E-state index contributed by atoms with van der Waals surface area (Å²) in [5.74, 6) is -4.39. The van der Waals surface area contributed by atoms with Crippen LogP contribution in [0.5, 0.6) is 11.6 Å². The summed E-state index contributed by atoms with van der Waals surface area (Å²) in [5.41, 5.74) is -3.13. The van der Waals surface area contributed by atoms with Gasteiger partial charge in [-0.3, -0.25) is 24.1 Å². The van der Waals surface area contributed by atoms with E-state index in [9.17, 15) is 45.5 Å². The number of unbranched alkanes of at least 4 members (excludes halogenated alkanes) is 3. The number of alkyl halides is 6. The van der Waals surface area contributed by atoms with E-state index in [0.29, 0.717) is 67.9 Å². The number of anilines is 2. The van der Waals surface area contributed by atoms with Gasteiger partial charge in [0.25, 0.3) is 11.8 Å². The Bertz CT molecular complexity index is 3060. The first-order chi connectivity index (χ1) is 36.2. The van der Waals surface area contributed by atoms with E-state index in [2.05, 4.69) is 20.6 Å². The maximum Gasteiger partial charge on any atom is 0.421 e. The predicted octanol–water partition coefficient (Wildman–Crippen LogP) is 10.9. The van der Waals surface area contributed by atoms with Crippen LogP contribution >= 0.6 is 23.6 Å².